The summed E-state index contributed by atoms with van der Waals surface area (Å²) in [5, 5.41) is 6.00. The van der Waals surface area contributed by atoms with E-state index in [9.17, 15) is 9.59 Å². The van der Waals surface area contributed by atoms with E-state index in [1.165, 1.54) is 11.3 Å². The van der Waals surface area contributed by atoms with Crippen molar-refractivity contribution in [2.24, 2.45) is 5.73 Å². The normalized spacial score (nSPS) is 16.9. The van der Waals surface area contributed by atoms with E-state index in [-0.39, 0.29) is 24.0 Å². The third-order valence-corrected chi connectivity index (χ3v) is 5.50. The lowest BCUT2D eigenvalue weighted by atomic mass is 9.91. The van der Waals surface area contributed by atoms with Crippen LogP contribution in [0.5, 0.6) is 0 Å². The van der Waals surface area contributed by atoms with Gasteiger partial charge in [-0.1, -0.05) is 30.3 Å². The fourth-order valence-electron chi connectivity index (χ4n) is 3.11. The van der Waals surface area contributed by atoms with E-state index < -0.39 is 0 Å². The highest BCUT2D eigenvalue weighted by Gasteiger charge is 2.31. The molecule has 7 nitrogen and oxygen atoms in total. The van der Waals surface area contributed by atoms with Gasteiger partial charge in [-0.15, -0.1) is 11.3 Å². The molecule has 27 heavy (non-hydrogen) atoms. The fourth-order valence-corrected chi connectivity index (χ4v) is 4.17. The number of rotatable bonds is 6. The van der Waals surface area contributed by atoms with Crippen LogP contribution >= 0.6 is 11.3 Å². The molecule has 0 saturated heterocycles. The number of aryl methyl sites for hydroxylation is 1. The van der Waals surface area contributed by atoms with Crippen LogP contribution in [0, 0.1) is 0 Å². The van der Waals surface area contributed by atoms with Gasteiger partial charge < -0.3 is 15.8 Å². The predicted octanol–water partition coefficient (Wildman–Crippen LogP) is 2.95. The minimum Gasteiger partial charge on any atom is -0.465 e. The van der Waals surface area contributed by atoms with E-state index in [0.717, 1.165) is 35.4 Å². The SMILES string of the molecule is CCOC(=O)C1CCCc2sc(NC(=O)NCC(N)c3ccccc3)nc21. The molecule has 2 unspecified atom stereocenters. The number of carbonyl (C=O) groups excluding carboxylic acids is 2. The number of amides is 2. The molecule has 0 fully saturated rings. The van der Waals surface area contributed by atoms with Crippen LogP contribution in [0.15, 0.2) is 30.3 Å². The van der Waals surface area contributed by atoms with Crippen LogP contribution in [-0.2, 0) is 16.0 Å². The number of hydrogen-bond acceptors (Lipinski definition) is 6. The van der Waals surface area contributed by atoms with Crippen molar-refractivity contribution in [2.45, 2.75) is 38.1 Å². The molecule has 4 N–H and O–H groups in total. The lowest BCUT2D eigenvalue weighted by molar-refractivity contribution is -0.145. The molecule has 0 aliphatic heterocycles. The van der Waals surface area contributed by atoms with Gasteiger partial charge in [-0.2, -0.15) is 0 Å². The van der Waals surface area contributed by atoms with E-state index in [1.54, 1.807) is 6.92 Å². The Morgan fingerprint density at radius 2 is 2.15 bits per heavy atom. The van der Waals surface area contributed by atoms with Gasteiger partial charge >= 0.3 is 12.0 Å². The molecule has 2 aromatic rings. The molecule has 3 rings (SSSR count). The molecule has 0 bridgehead atoms. The molecule has 1 aromatic heterocycles. The zero-order valence-electron chi connectivity index (χ0n) is 15.2. The average Bonchev–Trinajstić information content (AvgIpc) is 3.09. The molecular formula is C19H24N4O3S. The molecule has 1 heterocycles. The number of esters is 1. The molecule has 2 atom stereocenters. The van der Waals surface area contributed by atoms with E-state index in [0.29, 0.717) is 18.3 Å². The number of nitrogens with zero attached hydrogens (tertiary/aromatic N) is 1. The summed E-state index contributed by atoms with van der Waals surface area (Å²) in [5.74, 6) is -0.580. The van der Waals surface area contributed by atoms with Gasteiger partial charge in [-0.3, -0.25) is 10.1 Å². The van der Waals surface area contributed by atoms with Crippen molar-refractivity contribution >= 4 is 28.5 Å². The van der Waals surface area contributed by atoms with E-state index in [2.05, 4.69) is 15.6 Å². The maximum atomic E-state index is 12.2. The number of anilines is 1. The number of nitrogens with two attached hydrogens (primary N) is 1. The maximum Gasteiger partial charge on any atom is 0.321 e. The van der Waals surface area contributed by atoms with Crippen molar-refractivity contribution in [1.82, 2.24) is 10.3 Å². The molecule has 1 aromatic carbocycles. The molecule has 144 valence electrons. The number of urea groups is 1. The van der Waals surface area contributed by atoms with Gasteiger partial charge in [-0.25, -0.2) is 9.78 Å². The second-order valence-electron chi connectivity index (χ2n) is 6.38. The number of carbonyl (C=O) groups is 2. The lowest BCUT2D eigenvalue weighted by Gasteiger charge is -2.19. The van der Waals surface area contributed by atoms with Crippen molar-refractivity contribution in [2.75, 3.05) is 18.5 Å². The van der Waals surface area contributed by atoms with Gasteiger partial charge in [0, 0.05) is 17.5 Å². The van der Waals surface area contributed by atoms with Gasteiger partial charge in [0.05, 0.1) is 12.3 Å². The van der Waals surface area contributed by atoms with Crippen LogP contribution in [0.2, 0.25) is 0 Å². The van der Waals surface area contributed by atoms with Gasteiger partial charge in [0.2, 0.25) is 0 Å². The predicted molar refractivity (Wildman–Crippen MR) is 105 cm³/mol. The maximum absolute atomic E-state index is 12.2. The Kier molecular flexibility index (Phi) is 6.41. The van der Waals surface area contributed by atoms with E-state index in [1.807, 2.05) is 30.3 Å². The second-order valence-corrected chi connectivity index (χ2v) is 7.46. The van der Waals surface area contributed by atoms with Crippen molar-refractivity contribution < 1.29 is 14.3 Å². The van der Waals surface area contributed by atoms with Crippen molar-refractivity contribution in [3.8, 4) is 0 Å². The minimum absolute atomic E-state index is 0.242. The highest BCUT2D eigenvalue weighted by atomic mass is 32.1. The Morgan fingerprint density at radius 1 is 1.37 bits per heavy atom. The second kappa shape index (κ2) is 8.96. The highest BCUT2D eigenvalue weighted by Crippen LogP contribution is 2.37. The zero-order chi connectivity index (χ0) is 19.2. The summed E-state index contributed by atoms with van der Waals surface area (Å²) in [6.45, 7) is 2.45. The number of thiazole rings is 1. The summed E-state index contributed by atoms with van der Waals surface area (Å²) >= 11 is 1.41. The summed E-state index contributed by atoms with van der Waals surface area (Å²) in [7, 11) is 0. The van der Waals surface area contributed by atoms with Gasteiger partial charge in [0.1, 0.15) is 5.92 Å². The number of hydrogen-bond donors (Lipinski definition) is 3. The minimum atomic E-state index is -0.361. The summed E-state index contributed by atoms with van der Waals surface area (Å²) in [6, 6.07) is 8.95. The number of nitrogens with one attached hydrogen (secondary N) is 2. The smallest absolute Gasteiger partial charge is 0.321 e. The molecular weight excluding hydrogens is 364 g/mol. The standard InChI is InChI=1S/C19H24N4O3S/c1-2-26-17(24)13-9-6-10-15-16(13)22-19(27-15)23-18(25)21-11-14(20)12-7-4-3-5-8-12/h3-5,7-8,13-14H,2,6,9-11,20H2,1H3,(H2,21,22,23,25). The van der Waals surface area contributed by atoms with Crippen LogP contribution in [-0.4, -0.2) is 30.1 Å². The summed E-state index contributed by atoms with van der Waals surface area (Å²) in [6.07, 6.45) is 2.51. The fraction of sp³-hybridized carbons (Fsp3) is 0.421. The summed E-state index contributed by atoms with van der Waals surface area (Å²) in [5.41, 5.74) is 7.78. The first kappa shape index (κ1) is 19.3. The third-order valence-electron chi connectivity index (χ3n) is 4.46. The highest BCUT2D eigenvalue weighted by molar-refractivity contribution is 7.15. The quantitative estimate of drug-likeness (QED) is 0.660. The van der Waals surface area contributed by atoms with Gasteiger partial charge in [-0.05, 0) is 31.7 Å². The van der Waals surface area contributed by atoms with Crippen LogP contribution < -0.4 is 16.4 Å². The number of benzene rings is 1. The van der Waals surface area contributed by atoms with Crippen molar-refractivity contribution in [3.05, 3.63) is 46.5 Å². The Balaban J connectivity index is 1.58. The Labute approximate surface area is 162 Å². The molecule has 0 saturated carbocycles. The molecule has 1 aliphatic carbocycles. The molecule has 8 heteroatoms. The number of ether oxygens (including phenoxy) is 1. The van der Waals surface area contributed by atoms with Gasteiger partial charge in [0.25, 0.3) is 0 Å². The van der Waals surface area contributed by atoms with Crippen molar-refractivity contribution in [1.29, 1.82) is 0 Å². The number of fused-ring (bicyclic) bond motifs is 1. The van der Waals surface area contributed by atoms with E-state index in [4.69, 9.17) is 10.5 Å². The molecule has 0 spiro atoms. The monoisotopic (exact) mass is 388 g/mol. The van der Waals surface area contributed by atoms with E-state index >= 15 is 0 Å². The van der Waals surface area contributed by atoms with Crippen LogP contribution in [0.4, 0.5) is 9.93 Å². The molecule has 0 radical (unpaired) electrons. The first-order chi connectivity index (χ1) is 13.1. The topological polar surface area (TPSA) is 106 Å². The largest absolute Gasteiger partial charge is 0.465 e. The first-order valence-electron chi connectivity index (χ1n) is 9.10. The van der Waals surface area contributed by atoms with Crippen molar-refractivity contribution in [3.63, 3.8) is 0 Å². The zero-order valence-corrected chi connectivity index (χ0v) is 16.1. The average molecular weight is 388 g/mol. The Bertz CT molecular complexity index is 794. The Morgan fingerprint density at radius 3 is 2.89 bits per heavy atom. The molecule has 1 aliphatic rings. The lowest BCUT2D eigenvalue weighted by Crippen LogP contribution is -2.35. The van der Waals surface area contributed by atoms with Crippen LogP contribution in [0.1, 0.15) is 47.9 Å². The molecule has 2 amide bonds. The Hall–Kier alpha value is -2.45. The first-order valence-corrected chi connectivity index (χ1v) is 9.91. The third kappa shape index (κ3) is 4.84. The summed E-state index contributed by atoms with van der Waals surface area (Å²) in [4.78, 5) is 29.8. The van der Waals surface area contributed by atoms with Gasteiger partial charge in [0.15, 0.2) is 5.13 Å². The van der Waals surface area contributed by atoms with Crippen LogP contribution in [0.3, 0.4) is 0 Å². The van der Waals surface area contributed by atoms with Crippen LogP contribution in [0.25, 0.3) is 0 Å². The summed E-state index contributed by atoms with van der Waals surface area (Å²) < 4.78 is 5.15. The number of aromatic nitrogens is 1.